The van der Waals surface area contributed by atoms with E-state index < -0.39 is 23.6 Å². The molecule has 2 aromatic rings. The van der Waals surface area contributed by atoms with Gasteiger partial charge in [0.2, 0.25) is 5.91 Å². The van der Waals surface area contributed by atoms with Crippen LogP contribution in [0.2, 0.25) is 0 Å². The first kappa shape index (κ1) is 21.9. The first-order valence-electron chi connectivity index (χ1n) is 10.2. The van der Waals surface area contributed by atoms with E-state index in [1.807, 2.05) is 0 Å². The number of para-hydroxylation sites is 2. The molecule has 4 rings (SSSR count). The number of halogens is 3. The van der Waals surface area contributed by atoms with Gasteiger partial charge in [0.1, 0.15) is 0 Å². The Morgan fingerprint density at radius 1 is 0.969 bits per heavy atom. The van der Waals surface area contributed by atoms with Gasteiger partial charge in [-0.15, -0.1) is 0 Å². The number of amides is 1. The minimum absolute atomic E-state index is 0.152. The van der Waals surface area contributed by atoms with Crippen molar-refractivity contribution in [3.05, 3.63) is 64.9 Å². The first-order chi connectivity index (χ1) is 15.3. The van der Waals surface area contributed by atoms with Crippen molar-refractivity contribution in [2.24, 2.45) is 0 Å². The van der Waals surface area contributed by atoms with Crippen LogP contribution in [-0.4, -0.2) is 25.9 Å². The van der Waals surface area contributed by atoms with Crippen LogP contribution < -0.4 is 14.4 Å². The van der Waals surface area contributed by atoms with E-state index in [1.165, 1.54) is 32.4 Å². The molecule has 0 aromatic heterocycles. The number of methoxy groups -OCH3 is 2. The van der Waals surface area contributed by atoms with E-state index in [2.05, 4.69) is 0 Å². The summed E-state index contributed by atoms with van der Waals surface area (Å²) in [7, 11) is 2.95. The predicted molar refractivity (Wildman–Crippen MR) is 112 cm³/mol. The lowest BCUT2D eigenvalue weighted by atomic mass is 9.76. The molecule has 1 aliphatic heterocycles. The Labute approximate surface area is 183 Å². The molecule has 0 saturated carbocycles. The molecule has 0 saturated heterocycles. The van der Waals surface area contributed by atoms with Gasteiger partial charge in [-0.2, -0.15) is 13.2 Å². The third-order valence-electron chi connectivity index (χ3n) is 5.93. The molecule has 0 radical (unpaired) electrons. The van der Waals surface area contributed by atoms with Crippen LogP contribution in [0.5, 0.6) is 11.5 Å². The summed E-state index contributed by atoms with van der Waals surface area (Å²) in [5.74, 6) is -0.423. The highest BCUT2D eigenvalue weighted by Gasteiger charge is 2.43. The monoisotopic (exact) mass is 445 g/mol. The maximum atomic E-state index is 13.7. The molecule has 1 unspecified atom stereocenters. The molecule has 2 aliphatic rings. The average molecular weight is 445 g/mol. The van der Waals surface area contributed by atoms with E-state index in [1.54, 1.807) is 18.2 Å². The summed E-state index contributed by atoms with van der Waals surface area (Å²) in [6.45, 7) is 0. The molecular weight excluding hydrogens is 423 g/mol. The van der Waals surface area contributed by atoms with Crippen molar-refractivity contribution in [1.82, 2.24) is 0 Å². The second kappa shape index (κ2) is 8.33. The third kappa shape index (κ3) is 3.63. The number of alkyl halides is 3. The number of Topliss-reactive ketones (excluding diaryl/α,β-unsaturated/α-hetero) is 1. The number of carbonyl (C=O) groups excluding carboxylic acids is 2. The summed E-state index contributed by atoms with van der Waals surface area (Å²) in [4.78, 5) is 27.5. The standard InChI is InChI=1S/C24H22F3NO4/c1-31-20-12-5-7-14(23(20)32-2)15-13-21(30)28(18-10-6-11-19(29)22(15)18)17-9-4-3-8-16(17)24(25,26)27/h3-5,7-9,12,15H,6,10-11,13H2,1-2H3. The topological polar surface area (TPSA) is 55.8 Å². The lowest BCUT2D eigenvalue weighted by Crippen LogP contribution is -2.41. The van der Waals surface area contributed by atoms with E-state index in [0.717, 1.165) is 11.0 Å². The molecule has 0 spiro atoms. The highest BCUT2D eigenvalue weighted by Crippen LogP contribution is 2.49. The Morgan fingerprint density at radius 3 is 2.41 bits per heavy atom. The number of hydrogen-bond acceptors (Lipinski definition) is 4. The van der Waals surface area contributed by atoms with Crippen LogP contribution in [-0.2, 0) is 15.8 Å². The molecule has 1 amide bonds. The molecule has 0 bridgehead atoms. The van der Waals surface area contributed by atoms with Crippen LogP contribution in [0.15, 0.2) is 53.7 Å². The molecule has 0 N–H and O–H groups in total. The van der Waals surface area contributed by atoms with Crippen LogP contribution in [0.3, 0.4) is 0 Å². The Bertz CT molecular complexity index is 1110. The highest BCUT2D eigenvalue weighted by molar-refractivity contribution is 6.08. The quantitative estimate of drug-likeness (QED) is 0.645. The molecule has 32 heavy (non-hydrogen) atoms. The van der Waals surface area contributed by atoms with E-state index in [0.29, 0.717) is 41.2 Å². The maximum absolute atomic E-state index is 13.7. The van der Waals surface area contributed by atoms with Crippen LogP contribution >= 0.6 is 0 Å². The summed E-state index contributed by atoms with van der Waals surface area (Å²) in [6, 6.07) is 10.2. The summed E-state index contributed by atoms with van der Waals surface area (Å²) in [5, 5.41) is 0. The lowest BCUT2D eigenvalue weighted by molar-refractivity contribution is -0.137. The van der Waals surface area contributed by atoms with E-state index in [-0.39, 0.29) is 24.3 Å². The number of ether oxygens (including phenoxy) is 2. The average Bonchev–Trinajstić information content (AvgIpc) is 2.77. The maximum Gasteiger partial charge on any atom is 0.418 e. The molecule has 5 nitrogen and oxygen atoms in total. The van der Waals surface area contributed by atoms with Gasteiger partial charge >= 0.3 is 6.18 Å². The number of hydrogen-bond donors (Lipinski definition) is 0. The van der Waals surface area contributed by atoms with Gasteiger partial charge in [0.15, 0.2) is 17.3 Å². The van der Waals surface area contributed by atoms with Crippen LogP contribution in [0.4, 0.5) is 18.9 Å². The third-order valence-corrected chi connectivity index (χ3v) is 5.93. The van der Waals surface area contributed by atoms with Gasteiger partial charge in [-0.1, -0.05) is 24.3 Å². The summed E-state index contributed by atoms with van der Waals surface area (Å²) in [5.41, 5.74) is 0.161. The van der Waals surface area contributed by atoms with Crippen molar-refractivity contribution in [3.63, 3.8) is 0 Å². The van der Waals surface area contributed by atoms with Gasteiger partial charge in [-0.3, -0.25) is 14.5 Å². The zero-order valence-corrected chi connectivity index (χ0v) is 17.7. The molecular formula is C24H22F3NO4. The molecule has 168 valence electrons. The fraction of sp³-hybridized carbons (Fsp3) is 0.333. The lowest BCUT2D eigenvalue weighted by Gasteiger charge is -2.39. The fourth-order valence-corrected chi connectivity index (χ4v) is 4.63. The van der Waals surface area contributed by atoms with Gasteiger partial charge in [0.25, 0.3) is 0 Å². The van der Waals surface area contributed by atoms with Crippen molar-refractivity contribution in [2.75, 3.05) is 19.1 Å². The van der Waals surface area contributed by atoms with Crippen LogP contribution in [0.25, 0.3) is 0 Å². The molecule has 8 heteroatoms. The minimum atomic E-state index is -4.64. The molecule has 1 aliphatic carbocycles. The number of ketones is 1. The number of rotatable bonds is 4. The Hall–Kier alpha value is -3.29. The number of carbonyl (C=O) groups is 2. The smallest absolute Gasteiger partial charge is 0.418 e. The van der Waals surface area contributed by atoms with Gasteiger partial charge in [0, 0.05) is 35.6 Å². The largest absolute Gasteiger partial charge is 0.493 e. The molecule has 1 heterocycles. The summed E-state index contributed by atoms with van der Waals surface area (Å²) in [6.07, 6.45) is -3.70. The highest BCUT2D eigenvalue weighted by atomic mass is 19.4. The predicted octanol–water partition coefficient (Wildman–Crippen LogP) is 5.25. The van der Waals surface area contributed by atoms with Crippen molar-refractivity contribution >= 4 is 17.4 Å². The van der Waals surface area contributed by atoms with Crippen molar-refractivity contribution in [1.29, 1.82) is 0 Å². The Balaban J connectivity index is 1.93. The minimum Gasteiger partial charge on any atom is -0.493 e. The van der Waals surface area contributed by atoms with E-state index in [9.17, 15) is 22.8 Å². The van der Waals surface area contributed by atoms with Gasteiger partial charge in [-0.25, -0.2) is 0 Å². The number of benzene rings is 2. The van der Waals surface area contributed by atoms with Crippen molar-refractivity contribution < 1.29 is 32.2 Å². The second-order valence-electron chi connectivity index (χ2n) is 7.72. The van der Waals surface area contributed by atoms with Gasteiger partial charge in [0.05, 0.1) is 25.5 Å². The molecule has 1 atom stereocenters. The van der Waals surface area contributed by atoms with Gasteiger partial charge < -0.3 is 9.47 Å². The van der Waals surface area contributed by atoms with Crippen molar-refractivity contribution in [3.8, 4) is 11.5 Å². The first-order valence-corrected chi connectivity index (χ1v) is 10.2. The zero-order valence-electron chi connectivity index (χ0n) is 17.7. The summed E-state index contributed by atoms with van der Waals surface area (Å²) >= 11 is 0. The van der Waals surface area contributed by atoms with E-state index in [4.69, 9.17) is 9.47 Å². The second-order valence-corrected chi connectivity index (χ2v) is 7.72. The van der Waals surface area contributed by atoms with Crippen LogP contribution in [0, 0.1) is 0 Å². The van der Waals surface area contributed by atoms with Gasteiger partial charge in [-0.05, 0) is 31.0 Å². The fourth-order valence-electron chi connectivity index (χ4n) is 4.63. The number of nitrogens with zero attached hydrogens (tertiary/aromatic N) is 1. The number of allylic oxidation sites excluding steroid dienone is 2. The molecule has 0 fully saturated rings. The SMILES string of the molecule is COc1cccc(C2CC(=O)N(c3ccccc3C(F)(F)F)C3=C2C(=O)CCC3)c1OC. The Kier molecular flexibility index (Phi) is 5.71. The van der Waals surface area contributed by atoms with Crippen molar-refractivity contribution in [2.45, 2.75) is 37.8 Å². The number of anilines is 1. The summed E-state index contributed by atoms with van der Waals surface area (Å²) < 4.78 is 52.0. The van der Waals surface area contributed by atoms with E-state index >= 15 is 0 Å². The Morgan fingerprint density at radius 2 is 1.72 bits per heavy atom. The van der Waals surface area contributed by atoms with Crippen LogP contribution in [0.1, 0.15) is 42.7 Å². The molecule has 2 aromatic carbocycles. The normalized spacial score (nSPS) is 19.2. The zero-order chi connectivity index (χ0) is 23.0.